The van der Waals surface area contributed by atoms with E-state index in [-0.39, 0.29) is 24.0 Å². The summed E-state index contributed by atoms with van der Waals surface area (Å²) in [5, 5.41) is 14.0. The molecule has 0 saturated heterocycles. The second-order valence-electron chi connectivity index (χ2n) is 7.95. The van der Waals surface area contributed by atoms with Gasteiger partial charge in [-0.25, -0.2) is 9.18 Å². The van der Waals surface area contributed by atoms with Gasteiger partial charge < -0.3 is 25.2 Å². The van der Waals surface area contributed by atoms with Gasteiger partial charge in [0.05, 0.1) is 19.2 Å². The number of carbonyl (C=O) groups is 3. The number of hydrogen-bond acceptors (Lipinski definition) is 5. The van der Waals surface area contributed by atoms with Crippen molar-refractivity contribution in [1.82, 2.24) is 5.32 Å². The van der Waals surface area contributed by atoms with E-state index in [4.69, 9.17) is 9.47 Å². The van der Waals surface area contributed by atoms with E-state index < -0.39 is 36.2 Å². The summed E-state index contributed by atoms with van der Waals surface area (Å²) in [5.74, 6) is -2.82. The molecule has 35 heavy (non-hydrogen) atoms. The Morgan fingerprint density at radius 1 is 1.00 bits per heavy atom. The number of aliphatic carboxylic acids is 1. The predicted molar refractivity (Wildman–Crippen MR) is 126 cm³/mol. The number of fused-ring (bicyclic) bond motifs is 3. The van der Waals surface area contributed by atoms with E-state index in [0.717, 1.165) is 34.4 Å². The van der Waals surface area contributed by atoms with Crippen LogP contribution in [-0.4, -0.2) is 42.8 Å². The van der Waals surface area contributed by atoms with Gasteiger partial charge in [0.25, 0.3) is 0 Å². The largest absolute Gasteiger partial charge is 0.494 e. The first kappa shape index (κ1) is 23.7. The lowest BCUT2D eigenvalue weighted by molar-refractivity contribution is -0.139. The second kappa shape index (κ2) is 10.3. The van der Waals surface area contributed by atoms with Crippen LogP contribution in [0.3, 0.4) is 0 Å². The highest BCUT2D eigenvalue weighted by Gasteiger charge is 2.30. The van der Waals surface area contributed by atoms with E-state index in [1.54, 1.807) is 0 Å². The molecular weight excluding hydrogens is 455 g/mol. The number of methoxy groups -OCH3 is 1. The van der Waals surface area contributed by atoms with Crippen LogP contribution in [0.1, 0.15) is 23.5 Å². The number of hydrogen-bond donors (Lipinski definition) is 3. The molecule has 1 atom stereocenters. The van der Waals surface area contributed by atoms with Crippen molar-refractivity contribution in [3.63, 3.8) is 0 Å². The van der Waals surface area contributed by atoms with Crippen LogP contribution in [0.15, 0.2) is 66.7 Å². The van der Waals surface area contributed by atoms with Gasteiger partial charge in [-0.1, -0.05) is 48.5 Å². The minimum absolute atomic E-state index is 0.00700. The summed E-state index contributed by atoms with van der Waals surface area (Å²) in [6, 6.07) is 17.7. The lowest BCUT2D eigenvalue weighted by Gasteiger charge is -2.19. The fraction of sp³-hybridized carbons (Fsp3) is 0.192. The Kier molecular flexibility index (Phi) is 6.96. The summed E-state index contributed by atoms with van der Waals surface area (Å²) < 4.78 is 23.9. The number of nitrogens with one attached hydrogen (secondary N) is 2. The molecule has 3 aromatic rings. The number of alkyl carbamates (subject to hydrolysis) is 1. The monoisotopic (exact) mass is 478 g/mol. The Morgan fingerprint density at radius 3 is 2.23 bits per heavy atom. The minimum atomic E-state index is -1.43. The third-order valence-electron chi connectivity index (χ3n) is 5.75. The van der Waals surface area contributed by atoms with Gasteiger partial charge in [0.2, 0.25) is 5.91 Å². The van der Waals surface area contributed by atoms with Crippen molar-refractivity contribution < 1.29 is 33.4 Å². The average molecular weight is 478 g/mol. The summed E-state index contributed by atoms with van der Waals surface area (Å²) in [7, 11) is 1.30. The maximum Gasteiger partial charge on any atom is 0.407 e. The molecule has 8 nitrogen and oxygen atoms in total. The zero-order chi connectivity index (χ0) is 24.9. The number of carbonyl (C=O) groups excluding carboxylic acids is 2. The van der Waals surface area contributed by atoms with E-state index in [0.29, 0.717) is 0 Å². The minimum Gasteiger partial charge on any atom is -0.494 e. The third-order valence-corrected chi connectivity index (χ3v) is 5.75. The van der Waals surface area contributed by atoms with E-state index >= 15 is 0 Å². The van der Waals surface area contributed by atoms with E-state index in [9.17, 15) is 23.9 Å². The quantitative estimate of drug-likeness (QED) is 0.448. The summed E-state index contributed by atoms with van der Waals surface area (Å²) in [5.41, 5.74) is 4.29. The highest BCUT2D eigenvalue weighted by Crippen LogP contribution is 2.44. The molecule has 9 heteroatoms. The van der Waals surface area contributed by atoms with Gasteiger partial charge >= 0.3 is 12.1 Å². The van der Waals surface area contributed by atoms with Crippen LogP contribution < -0.4 is 15.4 Å². The van der Waals surface area contributed by atoms with Crippen molar-refractivity contribution in [3.05, 3.63) is 83.7 Å². The molecule has 3 aromatic carbocycles. The van der Waals surface area contributed by atoms with Crippen LogP contribution in [0, 0.1) is 5.82 Å². The number of rotatable bonds is 8. The normalized spacial score (nSPS) is 12.7. The number of halogens is 1. The van der Waals surface area contributed by atoms with Gasteiger partial charge in [-0.15, -0.1) is 0 Å². The second-order valence-corrected chi connectivity index (χ2v) is 7.95. The molecule has 0 radical (unpaired) electrons. The van der Waals surface area contributed by atoms with Crippen LogP contribution in [0.4, 0.5) is 14.9 Å². The molecule has 0 heterocycles. The Labute approximate surface area is 200 Å². The smallest absolute Gasteiger partial charge is 0.407 e. The Hall–Kier alpha value is -4.40. The highest BCUT2D eigenvalue weighted by atomic mass is 19.1. The van der Waals surface area contributed by atoms with E-state index in [2.05, 4.69) is 10.6 Å². The standard InChI is InChI=1S/C26H23FN2O6/c1-34-23-12-15(27)10-11-21(23)28-25(32)22(13-24(30)31)29-26(33)35-14-20-18-8-4-2-6-16(18)17-7-3-5-9-19(17)20/h2-12,20,22H,13-14H2,1H3,(H,28,32)(H,29,33)(H,30,31). The molecular formula is C26H23FN2O6. The van der Waals surface area contributed by atoms with Gasteiger partial charge in [-0.3, -0.25) is 9.59 Å². The summed E-state index contributed by atoms with van der Waals surface area (Å²) >= 11 is 0. The topological polar surface area (TPSA) is 114 Å². The number of ether oxygens (including phenoxy) is 2. The van der Waals surface area contributed by atoms with Crippen LogP contribution >= 0.6 is 0 Å². The fourth-order valence-corrected chi connectivity index (χ4v) is 4.15. The van der Waals surface area contributed by atoms with Gasteiger partial charge in [-0.05, 0) is 34.4 Å². The average Bonchev–Trinajstić information content (AvgIpc) is 3.16. The van der Waals surface area contributed by atoms with Gasteiger partial charge in [0.15, 0.2) is 0 Å². The van der Waals surface area contributed by atoms with E-state index in [1.807, 2.05) is 48.5 Å². The molecule has 1 unspecified atom stereocenters. The zero-order valence-electron chi connectivity index (χ0n) is 18.8. The lowest BCUT2D eigenvalue weighted by Crippen LogP contribution is -2.45. The molecule has 3 N–H and O–H groups in total. The number of benzene rings is 3. The molecule has 0 spiro atoms. The first-order valence-corrected chi connectivity index (χ1v) is 10.8. The summed E-state index contributed by atoms with van der Waals surface area (Å²) in [4.78, 5) is 36.6. The van der Waals surface area contributed by atoms with Gasteiger partial charge in [0.1, 0.15) is 24.2 Å². The van der Waals surface area contributed by atoms with Crippen LogP contribution in [0.25, 0.3) is 11.1 Å². The van der Waals surface area contributed by atoms with Crippen LogP contribution in [0.2, 0.25) is 0 Å². The Bertz CT molecular complexity index is 1230. The molecule has 0 aromatic heterocycles. The molecule has 0 bridgehead atoms. The van der Waals surface area contributed by atoms with Crippen molar-refractivity contribution in [2.45, 2.75) is 18.4 Å². The Balaban J connectivity index is 1.44. The molecule has 0 fully saturated rings. The molecule has 2 amide bonds. The van der Waals surface area contributed by atoms with Crippen molar-refractivity contribution in [3.8, 4) is 16.9 Å². The van der Waals surface area contributed by atoms with Crippen molar-refractivity contribution in [1.29, 1.82) is 0 Å². The number of anilines is 1. The molecule has 180 valence electrons. The first-order valence-electron chi connectivity index (χ1n) is 10.8. The highest BCUT2D eigenvalue weighted by molar-refractivity contribution is 5.99. The molecule has 4 rings (SSSR count). The van der Waals surface area contributed by atoms with Gasteiger partial charge in [0, 0.05) is 12.0 Å². The Morgan fingerprint density at radius 2 is 1.63 bits per heavy atom. The fourth-order valence-electron chi connectivity index (χ4n) is 4.15. The third kappa shape index (κ3) is 5.24. The maximum absolute atomic E-state index is 13.4. The van der Waals surface area contributed by atoms with Gasteiger partial charge in [-0.2, -0.15) is 0 Å². The molecule has 0 aliphatic heterocycles. The van der Waals surface area contributed by atoms with Crippen molar-refractivity contribution >= 4 is 23.7 Å². The number of carboxylic acids is 1. The summed E-state index contributed by atoms with van der Waals surface area (Å²) in [6.07, 6.45) is -1.61. The first-order chi connectivity index (χ1) is 16.9. The molecule has 1 aliphatic carbocycles. The van der Waals surface area contributed by atoms with Crippen LogP contribution in [-0.2, 0) is 14.3 Å². The van der Waals surface area contributed by atoms with Crippen molar-refractivity contribution in [2.24, 2.45) is 0 Å². The molecule has 1 aliphatic rings. The SMILES string of the molecule is COc1cc(F)ccc1NC(=O)C(CC(=O)O)NC(=O)OCC1c2ccccc2-c2ccccc21. The zero-order valence-corrected chi connectivity index (χ0v) is 18.8. The number of amides is 2. The maximum atomic E-state index is 13.4. The van der Waals surface area contributed by atoms with Crippen molar-refractivity contribution in [2.75, 3.05) is 19.0 Å². The predicted octanol–water partition coefficient (Wildman–Crippen LogP) is 4.15. The lowest BCUT2D eigenvalue weighted by atomic mass is 9.98. The number of carboxylic acid groups (broad SMARTS) is 1. The van der Waals surface area contributed by atoms with Crippen LogP contribution in [0.5, 0.6) is 5.75 Å². The summed E-state index contributed by atoms with van der Waals surface area (Å²) in [6.45, 7) is 0.00700. The molecule has 0 saturated carbocycles. The van der Waals surface area contributed by atoms with E-state index in [1.165, 1.54) is 13.2 Å².